The Morgan fingerprint density at radius 3 is 2.72 bits per heavy atom. The highest BCUT2D eigenvalue weighted by Crippen LogP contribution is 2.36. The van der Waals surface area contributed by atoms with Gasteiger partial charge in [-0.1, -0.05) is 30.0 Å². The Balaban J connectivity index is 1.35. The third-order valence-electron chi connectivity index (χ3n) is 5.04. The van der Waals surface area contributed by atoms with E-state index in [2.05, 4.69) is 15.2 Å². The number of ketones is 1. The summed E-state index contributed by atoms with van der Waals surface area (Å²) in [5.41, 5.74) is 0.946. The predicted molar refractivity (Wildman–Crippen MR) is 112 cm³/mol. The Bertz CT molecular complexity index is 915. The molecule has 2 aromatic heterocycles. The molecule has 1 aliphatic carbocycles. The first-order valence-corrected chi connectivity index (χ1v) is 11.7. The molecule has 0 radical (unpaired) electrons. The lowest BCUT2D eigenvalue weighted by Crippen LogP contribution is -2.32. The molecule has 8 nitrogen and oxygen atoms in total. The van der Waals surface area contributed by atoms with Crippen LogP contribution in [0.25, 0.3) is 0 Å². The van der Waals surface area contributed by atoms with Gasteiger partial charge in [0.15, 0.2) is 10.1 Å². The van der Waals surface area contributed by atoms with Gasteiger partial charge in [0.2, 0.25) is 11.0 Å². The molecule has 1 N–H and O–H groups in total. The van der Waals surface area contributed by atoms with Crippen LogP contribution in [0.5, 0.6) is 0 Å². The number of likely N-dealkylation sites (tertiary alicyclic amines) is 1. The van der Waals surface area contributed by atoms with Crippen LogP contribution in [0.1, 0.15) is 59.9 Å². The number of carbonyl (C=O) groups excluding carboxylic acids is 3. The largest absolute Gasteiger partial charge is 0.356 e. The number of carbonyl (C=O) groups is 3. The van der Waals surface area contributed by atoms with Crippen LogP contribution in [-0.4, -0.2) is 62.6 Å². The maximum absolute atomic E-state index is 12.5. The van der Waals surface area contributed by atoms with Gasteiger partial charge in [-0.15, -0.1) is 10.2 Å². The number of aromatic amines is 1. The van der Waals surface area contributed by atoms with Crippen LogP contribution >= 0.6 is 23.1 Å². The second-order valence-corrected chi connectivity index (χ2v) is 9.39. The highest BCUT2D eigenvalue weighted by atomic mass is 32.2. The second-order valence-electron chi connectivity index (χ2n) is 7.21. The van der Waals surface area contributed by atoms with Gasteiger partial charge in [0.25, 0.3) is 5.91 Å². The van der Waals surface area contributed by atoms with Crippen molar-refractivity contribution < 1.29 is 14.4 Å². The first kappa shape index (κ1) is 20.1. The van der Waals surface area contributed by atoms with Gasteiger partial charge in [-0.25, -0.2) is 0 Å². The molecule has 2 amide bonds. The second kappa shape index (κ2) is 8.66. The summed E-state index contributed by atoms with van der Waals surface area (Å²) >= 11 is 2.65. The zero-order valence-corrected chi connectivity index (χ0v) is 17.9. The smallest absolute Gasteiger partial charge is 0.270 e. The summed E-state index contributed by atoms with van der Waals surface area (Å²) in [6.07, 6.45) is 6.08. The molecular formula is C19H23N5O3S2. The fourth-order valence-corrected chi connectivity index (χ4v) is 5.13. The van der Waals surface area contributed by atoms with Gasteiger partial charge in [0.1, 0.15) is 5.69 Å². The lowest BCUT2D eigenvalue weighted by molar-refractivity contribution is -0.118. The molecule has 2 aliphatic rings. The summed E-state index contributed by atoms with van der Waals surface area (Å²) in [5.74, 6) is 0.129. The number of aromatic nitrogens is 3. The Labute approximate surface area is 177 Å². The molecule has 2 aromatic rings. The Morgan fingerprint density at radius 2 is 2.03 bits per heavy atom. The van der Waals surface area contributed by atoms with E-state index in [1.54, 1.807) is 22.1 Å². The number of anilines is 1. The average molecular weight is 434 g/mol. The van der Waals surface area contributed by atoms with Crippen molar-refractivity contribution in [1.29, 1.82) is 0 Å². The van der Waals surface area contributed by atoms with Crippen molar-refractivity contribution >= 4 is 45.8 Å². The molecule has 154 valence electrons. The van der Waals surface area contributed by atoms with Crippen LogP contribution in [0.4, 0.5) is 5.13 Å². The minimum atomic E-state index is -0.0767. The molecular weight excluding hydrogens is 410 g/mol. The number of thioether (sulfide) groups is 1. The van der Waals surface area contributed by atoms with E-state index in [1.165, 1.54) is 23.1 Å². The first-order valence-electron chi connectivity index (χ1n) is 9.86. The van der Waals surface area contributed by atoms with Gasteiger partial charge in [0, 0.05) is 37.3 Å². The van der Waals surface area contributed by atoms with Crippen LogP contribution in [0.3, 0.4) is 0 Å². The number of nitrogens with one attached hydrogen (secondary N) is 1. The van der Waals surface area contributed by atoms with Gasteiger partial charge in [0.05, 0.1) is 5.75 Å². The lowest BCUT2D eigenvalue weighted by atomic mass is 10.2. The highest BCUT2D eigenvalue weighted by Gasteiger charge is 2.35. The molecule has 0 atom stereocenters. The van der Waals surface area contributed by atoms with E-state index in [1.807, 2.05) is 6.92 Å². The molecule has 4 rings (SSSR count). The van der Waals surface area contributed by atoms with Gasteiger partial charge < -0.3 is 9.88 Å². The summed E-state index contributed by atoms with van der Waals surface area (Å²) in [4.78, 5) is 43.6. The van der Waals surface area contributed by atoms with E-state index >= 15 is 0 Å². The SMILES string of the molecule is CCC(=O)N(c1nnc(SCC(=O)c2c[nH]c(C(=O)N3CCCC3)c2)s1)C1CC1. The van der Waals surface area contributed by atoms with E-state index < -0.39 is 0 Å². The number of amides is 2. The Kier molecular flexibility index (Phi) is 6.00. The molecule has 29 heavy (non-hydrogen) atoms. The summed E-state index contributed by atoms with van der Waals surface area (Å²) in [6.45, 7) is 3.39. The minimum absolute atomic E-state index is 0.0521. The van der Waals surface area contributed by atoms with Crippen molar-refractivity contribution in [2.75, 3.05) is 23.7 Å². The van der Waals surface area contributed by atoms with Crippen molar-refractivity contribution in [1.82, 2.24) is 20.1 Å². The van der Waals surface area contributed by atoms with Crippen LogP contribution in [-0.2, 0) is 4.79 Å². The van der Waals surface area contributed by atoms with Crippen molar-refractivity contribution in [3.05, 3.63) is 23.5 Å². The van der Waals surface area contributed by atoms with E-state index in [-0.39, 0.29) is 29.4 Å². The summed E-state index contributed by atoms with van der Waals surface area (Å²) in [6, 6.07) is 1.87. The zero-order valence-electron chi connectivity index (χ0n) is 16.2. The number of Topliss-reactive ketones (excluding diaryl/α,β-unsaturated/α-hetero) is 1. The number of hydrogen-bond donors (Lipinski definition) is 1. The molecule has 0 spiro atoms. The molecule has 0 aromatic carbocycles. The van der Waals surface area contributed by atoms with E-state index in [4.69, 9.17) is 0 Å². The fourth-order valence-electron chi connectivity index (χ4n) is 3.31. The van der Waals surface area contributed by atoms with Gasteiger partial charge in [-0.3, -0.25) is 19.3 Å². The van der Waals surface area contributed by atoms with Crippen molar-refractivity contribution in [2.24, 2.45) is 0 Å². The monoisotopic (exact) mass is 433 g/mol. The van der Waals surface area contributed by atoms with Crippen molar-refractivity contribution in [2.45, 2.75) is 49.4 Å². The molecule has 2 fully saturated rings. The third kappa shape index (κ3) is 4.53. The lowest BCUT2D eigenvalue weighted by Gasteiger charge is -2.17. The third-order valence-corrected chi connectivity index (χ3v) is 7.10. The van der Waals surface area contributed by atoms with E-state index in [9.17, 15) is 14.4 Å². The Hall–Kier alpha value is -2.20. The van der Waals surface area contributed by atoms with Crippen LogP contribution in [0.15, 0.2) is 16.6 Å². The Morgan fingerprint density at radius 1 is 1.28 bits per heavy atom. The maximum atomic E-state index is 12.5. The minimum Gasteiger partial charge on any atom is -0.356 e. The zero-order chi connectivity index (χ0) is 20.4. The molecule has 0 unspecified atom stereocenters. The van der Waals surface area contributed by atoms with Gasteiger partial charge in [-0.2, -0.15) is 0 Å². The van der Waals surface area contributed by atoms with Crippen LogP contribution in [0, 0.1) is 0 Å². The number of nitrogens with zero attached hydrogens (tertiary/aromatic N) is 4. The standard InChI is InChI=1S/C19H23N5O3S2/c1-2-16(26)24(13-5-6-13)18-21-22-19(29-18)28-11-15(25)12-9-14(20-10-12)17(27)23-7-3-4-8-23/h9-10,13,20H,2-8,11H2,1H3. The number of H-pyrrole nitrogens is 1. The normalized spacial score (nSPS) is 16.2. The molecule has 10 heteroatoms. The van der Waals surface area contributed by atoms with Crippen molar-refractivity contribution in [3.63, 3.8) is 0 Å². The van der Waals surface area contributed by atoms with E-state index in [0.29, 0.717) is 27.1 Å². The molecule has 0 bridgehead atoms. The molecule has 1 saturated heterocycles. The maximum Gasteiger partial charge on any atom is 0.270 e. The number of hydrogen-bond acceptors (Lipinski definition) is 7. The predicted octanol–water partition coefficient (Wildman–Crippen LogP) is 2.98. The van der Waals surface area contributed by atoms with Crippen molar-refractivity contribution in [3.8, 4) is 0 Å². The van der Waals surface area contributed by atoms with Gasteiger partial charge >= 0.3 is 0 Å². The molecule has 1 saturated carbocycles. The quantitative estimate of drug-likeness (QED) is 0.390. The molecule has 1 aliphatic heterocycles. The number of rotatable bonds is 8. The highest BCUT2D eigenvalue weighted by molar-refractivity contribution is 8.01. The van der Waals surface area contributed by atoms with Gasteiger partial charge in [-0.05, 0) is 31.7 Å². The summed E-state index contributed by atoms with van der Waals surface area (Å²) < 4.78 is 0.659. The topological polar surface area (TPSA) is 99.3 Å². The van der Waals surface area contributed by atoms with E-state index in [0.717, 1.165) is 38.8 Å². The average Bonchev–Trinajstić information content (AvgIpc) is 3.16. The molecule has 3 heterocycles. The first-order chi connectivity index (χ1) is 14.1. The van der Waals surface area contributed by atoms with Crippen LogP contribution in [0.2, 0.25) is 0 Å². The van der Waals surface area contributed by atoms with Crippen LogP contribution < -0.4 is 4.90 Å². The summed E-state index contributed by atoms with van der Waals surface area (Å²) in [5, 5.41) is 8.89. The summed E-state index contributed by atoms with van der Waals surface area (Å²) in [7, 11) is 0. The fraction of sp³-hybridized carbons (Fsp3) is 0.526.